The third-order valence-electron chi connectivity index (χ3n) is 5.16. The Bertz CT molecular complexity index is 1060. The van der Waals surface area contributed by atoms with E-state index < -0.39 is 11.6 Å². The number of benzene rings is 1. The number of anilines is 1. The molecule has 0 N–H and O–H groups in total. The molecule has 0 amide bonds. The summed E-state index contributed by atoms with van der Waals surface area (Å²) in [6.45, 7) is 3.91. The summed E-state index contributed by atoms with van der Waals surface area (Å²) in [7, 11) is 0. The number of nitriles is 1. The van der Waals surface area contributed by atoms with Gasteiger partial charge in [-0.1, -0.05) is 0 Å². The molecule has 6 heteroatoms. The minimum Gasteiger partial charge on any atom is -0.462 e. The number of rotatable bonds is 3. The molecule has 2 aliphatic rings. The van der Waals surface area contributed by atoms with Crippen molar-refractivity contribution in [1.82, 2.24) is 0 Å². The Kier molecular flexibility index (Phi) is 4.44. The van der Waals surface area contributed by atoms with Crippen LogP contribution in [0.4, 0.5) is 5.69 Å². The molecule has 6 nitrogen and oxygen atoms in total. The van der Waals surface area contributed by atoms with Crippen LogP contribution in [0.2, 0.25) is 0 Å². The first-order valence-corrected chi connectivity index (χ1v) is 9.29. The van der Waals surface area contributed by atoms with Crippen LogP contribution in [0.5, 0.6) is 0 Å². The van der Waals surface area contributed by atoms with Crippen molar-refractivity contribution in [2.75, 3.05) is 24.6 Å². The van der Waals surface area contributed by atoms with E-state index in [9.17, 15) is 14.9 Å². The predicted octanol–water partition coefficient (Wildman–Crippen LogP) is 2.96. The van der Waals surface area contributed by atoms with Crippen molar-refractivity contribution in [1.29, 1.82) is 5.26 Å². The summed E-state index contributed by atoms with van der Waals surface area (Å²) < 4.78 is 10.5. The van der Waals surface area contributed by atoms with E-state index in [2.05, 4.69) is 11.0 Å². The smallest absolute Gasteiger partial charge is 0.348 e. The van der Waals surface area contributed by atoms with Crippen molar-refractivity contribution in [2.24, 2.45) is 0 Å². The van der Waals surface area contributed by atoms with Crippen molar-refractivity contribution in [3.63, 3.8) is 0 Å². The fourth-order valence-corrected chi connectivity index (χ4v) is 4.06. The molecule has 0 saturated heterocycles. The summed E-state index contributed by atoms with van der Waals surface area (Å²) in [6.07, 6.45) is 5.30. The molecular weight excluding hydrogens is 344 g/mol. The second kappa shape index (κ2) is 6.92. The zero-order chi connectivity index (χ0) is 19.0. The Morgan fingerprint density at radius 3 is 2.85 bits per heavy atom. The maximum Gasteiger partial charge on any atom is 0.348 e. The van der Waals surface area contributed by atoms with E-state index in [0.29, 0.717) is 5.58 Å². The van der Waals surface area contributed by atoms with Gasteiger partial charge in [0.05, 0.1) is 12.2 Å². The molecule has 2 aromatic rings. The summed E-state index contributed by atoms with van der Waals surface area (Å²) in [6, 6.07) is 5.58. The normalized spacial score (nSPS) is 16.0. The zero-order valence-corrected chi connectivity index (χ0v) is 15.2. The fourth-order valence-electron chi connectivity index (χ4n) is 4.06. The molecule has 2 aliphatic heterocycles. The van der Waals surface area contributed by atoms with E-state index in [1.807, 2.05) is 0 Å². The highest BCUT2D eigenvalue weighted by molar-refractivity contribution is 5.98. The molecule has 0 atom stereocenters. The van der Waals surface area contributed by atoms with Gasteiger partial charge in [-0.25, -0.2) is 9.59 Å². The van der Waals surface area contributed by atoms with E-state index in [0.717, 1.165) is 49.7 Å². The molecule has 0 saturated carbocycles. The van der Waals surface area contributed by atoms with Crippen LogP contribution in [0.15, 0.2) is 26.9 Å². The van der Waals surface area contributed by atoms with E-state index >= 15 is 0 Å². The predicted molar refractivity (Wildman–Crippen MR) is 102 cm³/mol. The highest BCUT2D eigenvalue weighted by Gasteiger charge is 2.27. The van der Waals surface area contributed by atoms with E-state index in [4.69, 9.17) is 9.15 Å². The molecule has 3 heterocycles. The summed E-state index contributed by atoms with van der Waals surface area (Å²) in [5.74, 6) is -0.740. The summed E-state index contributed by atoms with van der Waals surface area (Å²) >= 11 is 0. The van der Waals surface area contributed by atoms with E-state index in [-0.39, 0.29) is 17.7 Å². The Morgan fingerprint density at radius 2 is 2.11 bits per heavy atom. The number of aryl methyl sites for hydroxylation is 2. The van der Waals surface area contributed by atoms with Gasteiger partial charge in [0, 0.05) is 29.7 Å². The van der Waals surface area contributed by atoms with Gasteiger partial charge in [-0.3, -0.25) is 0 Å². The molecule has 27 heavy (non-hydrogen) atoms. The molecular formula is C21H20N2O4. The summed E-state index contributed by atoms with van der Waals surface area (Å²) in [4.78, 5) is 26.7. The summed E-state index contributed by atoms with van der Waals surface area (Å²) in [5.41, 5.74) is 3.65. The number of carbonyl (C=O) groups is 1. The van der Waals surface area contributed by atoms with Gasteiger partial charge in [0.25, 0.3) is 0 Å². The van der Waals surface area contributed by atoms with E-state index in [1.54, 1.807) is 19.1 Å². The van der Waals surface area contributed by atoms with E-state index in [1.165, 1.54) is 17.3 Å². The Morgan fingerprint density at radius 1 is 1.33 bits per heavy atom. The number of ether oxygens (including phenoxy) is 1. The second-order valence-corrected chi connectivity index (χ2v) is 6.85. The Balaban J connectivity index is 1.88. The van der Waals surface area contributed by atoms with Gasteiger partial charge in [-0.2, -0.15) is 5.26 Å². The van der Waals surface area contributed by atoms with Gasteiger partial charge in [0.1, 0.15) is 17.2 Å². The van der Waals surface area contributed by atoms with Crippen LogP contribution in [-0.4, -0.2) is 25.7 Å². The van der Waals surface area contributed by atoms with Crippen LogP contribution in [0, 0.1) is 11.3 Å². The van der Waals surface area contributed by atoms with Crippen LogP contribution >= 0.6 is 0 Å². The highest BCUT2D eigenvalue weighted by atomic mass is 16.5. The van der Waals surface area contributed by atoms with Gasteiger partial charge in [0.15, 0.2) is 0 Å². The Hall–Kier alpha value is -3.07. The number of hydrogen-bond acceptors (Lipinski definition) is 6. The van der Waals surface area contributed by atoms with Crippen LogP contribution < -0.4 is 10.5 Å². The number of esters is 1. The number of nitrogens with zero attached hydrogens (tertiary/aromatic N) is 2. The van der Waals surface area contributed by atoms with Crippen molar-refractivity contribution in [3.8, 4) is 6.07 Å². The standard InChI is InChI=1S/C21H20N2O4/c1-2-26-20(24)16(12-22)11-15-10-14-9-13-5-3-7-23-8-4-6-17(18(13)23)19(14)27-21(15)25/h9-11H,2-8H2,1H3/b16-11+. The highest BCUT2D eigenvalue weighted by Crippen LogP contribution is 2.39. The maximum absolute atomic E-state index is 12.5. The first-order valence-electron chi connectivity index (χ1n) is 9.29. The minimum absolute atomic E-state index is 0.163. The van der Waals surface area contributed by atoms with Crippen molar-refractivity contribution in [3.05, 3.63) is 44.8 Å². The average Bonchev–Trinajstić information content (AvgIpc) is 2.67. The average molecular weight is 364 g/mol. The number of carbonyl (C=O) groups excluding carboxylic acids is 1. The Labute approximate surface area is 156 Å². The monoisotopic (exact) mass is 364 g/mol. The summed E-state index contributed by atoms with van der Waals surface area (Å²) in [5, 5.41) is 10.0. The zero-order valence-electron chi connectivity index (χ0n) is 15.2. The molecule has 0 bridgehead atoms. The van der Waals surface area contributed by atoms with Crippen molar-refractivity contribution >= 4 is 28.7 Å². The lowest BCUT2D eigenvalue weighted by atomic mass is 9.90. The minimum atomic E-state index is -0.740. The van der Waals surface area contributed by atoms with Crippen LogP contribution in [0.25, 0.3) is 17.0 Å². The maximum atomic E-state index is 12.5. The second-order valence-electron chi connectivity index (χ2n) is 6.85. The molecule has 1 aromatic carbocycles. The van der Waals surface area contributed by atoms with Crippen LogP contribution in [0.1, 0.15) is 36.5 Å². The van der Waals surface area contributed by atoms with Crippen LogP contribution in [0.3, 0.4) is 0 Å². The largest absolute Gasteiger partial charge is 0.462 e. The lowest BCUT2D eigenvalue weighted by molar-refractivity contribution is -0.137. The number of fused-ring (bicyclic) bond motifs is 2. The number of hydrogen-bond donors (Lipinski definition) is 0. The molecule has 0 aliphatic carbocycles. The first-order chi connectivity index (χ1) is 13.1. The first kappa shape index (κ1) is 17.3. The van der Waals surface area contributed by atoms with Crippen molar-refractivity contribution < 1.29 is 13.9 Å². The van der Waals surface area contributed by atoms with Gasteiger partial charge >= 0.3 is 11.6 Å². The SMILES string of the molecule is CCOC(=O)/C(C#N)=C/c1cc2cc3c4c(c2oc1=O)CCCN4CCC3. The molecule has 0 unspecified atom stereocenters. The molecule has 0 radical (unpaired) electrons. The quantitative estimate of drug-likeness (QED) is 0.360. The van der Waals surface area contributed by atoms with Gasteiger partial charge < -0.3 is 14.1 Å². The molecule has 4 rings (SSSR count). The third kappa shape index (κ3) is 2.99. The molecule has 0 fully saturated rings. The molecule has 138 valence electrons. The lowest BCUT2D eigenvalue weighted by Gasteiger charge is -2.37. The molecule has 1 aromatic heterocycles. The van der Waals surface area contributed by atoms with Gasteiger partial charge in [-0.15, -0.1) is 0 Å². The van der Waals surface area contributed by atoms with Crippen molar-refractivity contribution in [2.45, 2.75) is 32.6 Å². The third-order valence-corrected chi connectivity index (χ3v) is 5.16. The molecule has 0 spiro atoms. The lowest BCUT2D eigenvalue weighted by Crippen LogP contribution is -2.34. The van der Waals surface area contributed by atoms with Crippen LogP contribution in [-0.2, 0) is 22.4 Å². The fraction of sp³-hybridized carbons (Fsp3) is 0.381. The topological polar surface area (TPSA) is 83.5 Å². The van der Waals surface area contributed by atoms with Gasteiger partial charge in [0.2, 0.25) is 0 Å². The van der Waals surface area contributed by atoms with Gasteiger partial charge in [-0.05, 0) is 56.4 Å².